The van der Waals surface area contributed by atoms with E-state index in [9.17, 15) is 4.79 Å². The van der Waals surface area contributed by atoms with Crippen molar-refractivity contribution in [1.82, 2.24) is 25.1 Å². The maximum atomic E-state index is 12.7. The number of urea groups is 1. The second-order valence-electron chi connectivity index (χ2n) is 7.55. The van der Waals surface area contributed by atoms with E-state index < -0.39 is 0 Å². The normalized spacial score (nSPS) is 16.0. The standard InChI is InChI=1S/C21H24Cl2N6O/c1-13(26-21(30)29(3)15-6-8-28(2)9-7-15)16-4-5-17(20(23)19(16)22)18-12-25-11-14(10-24)27-18/h4-5,11-13,15H,6-9H2,1-3H3,(H,26,30). The first-order valence-electron chi connectivity index (χ1n) is 9.74. The third-order valence-corrected chi connectivity index (χ3v) is 6.40. The molecule has 1 atom stereocenters. The second-order valence-corrected chi connectivity index (χ2v) is 8.30. The first kappa shape index (κ1) is 22.3. The fourth-order valence-electron chi connectivity index (χ4n) is 3.56. The number of hydrogen-bond donors (Lipinski definition) is 1. The Morgan fingerprint density at radius 3 is 2.67 bits per heavy atom. The Kier molecular flexibility index (Phi) is 7.14. The molecule has 1 N–H and O–H groups in total. The molecule has 3 rings (SSSR count). The molecule has 0 bridgehead atoms. The van der Waals surface area contributed by atoms with Crippen molar-refractivity contribution in [3.63, 3.8) is 0 Å². The summed E-state index contributed by atoms with van der Waals surface area (Å²) in [5.74, 6) is 0. The Labute approximate surface area is 186 Å². The number of amides is 2. The van der Waals surface area contributed by atoms with Crippen LogP contribution in [0.4, 0.5) is 4.79 Å². The minimum Gasteiger partial charge on any atom is -0.331 e. The van der Waals surface area contributed by atoms with Crippen molar-refractivity contribution in [3.05, 3.63) is 45.8 Å². The van der Waals surface area contributed by atoms with Crippen molar-refractivity contribution < 1.29 is 4.79 Å². The van der Waals surface area contributed by atoms with E-state index in [4.69, 9.17) is 28.5 Å². The number of nitriles is 1. The largest absolute Gasteiger partial charge is 0.331 e. The third-order valence-electron chi connectivity index (χ3n) is 5.50. The number of carbonyl (C=O) groups excluding carboxylic acids is 1. The number of nitrogens with one attached hydrogen (secondary N) is 1. The number of rotatable bonds is 4. The lowest BCUT2D eigenvalue weighted by Crippen LogP contribution is -2.48. The lowest BCUT2D eigenvalue weighted by Gasteiger charge is -2.35. The van der Waals surface area contributed by atoms with Crippen molar-refractivity contribution in [2.24, 2.45) is 0 Å². The van der Waals surface area contributed by atoms with Crippen LogP contribution < -0.4 is 5.32 Å². The van der Waals surface area contributed by atoms with E-state index >= 15 is 0 Å². The molecule has 1 aromatic carbocycles. The Morgan fingerprint density at radius 1 is 1.30 bits per heavy atom. The maximum absolute atomic E-state index is 12.7. The van der Waals surface area contributed by atoms with E-state index in [0.29, 0.717) is 26.9 Å². The van der Waals surface area contributed by atoms with Gasteiger partial charge in [-0.15, -0.1) is 0 Å². The monoisotopic (exact) mass is 446 g/mol. The molecule has 0 spiro atoms. The molecule has 1 saturated heterocycles. The van der Waals surface area contributed by atoms with Gasteiger partial charge in [-0.1, -0.05) is 35.3 Å². The molecule has 7 nitrogen and oxygen atoms in total. The molecule has 2 aromatic rings. The van der Waals surface area contributed by atoms with Crippen molar-refractivity contribution in [1.29, 1.82) is 5.26 Å². The summed E-state index contributed by atoms with van der Waals surface area (Å²) in [5.41, 5.74) is 1.95. The summed E-state index contributed by atoms with van der Waals surface area (Å²) < 4.78 is 0. The molecule has 1 aliphatic rings. The average Bonchev–Trinajstić information content (AvgIpc) is 2.75. The minimum atomic E-state index is -0.332. The van der Waals surface area contributed by atoms with Gasteiger partial charge >= 0.3 is 6.03 Å². The second kappa shape index (κ2) is 9.61. The highest BCUT2D eigenvalue weighted by molar-refractivity contribution is 6.44. The van der Waals surface area contributed by atoms with Crippen LogP contribution in [0.3, 0.4) is 0 Å². The first-order valence-corrected chi connectivity index (χ1v) is 10.5. The fraction of sp³-hybridized carbons (Fsp3) is 0.429. The van der Waals surface area contributed by atoms with Crippen LogP contribution in [-0.2, 0) is 0 Å². The summed E-state index contributed by atoms with van der Waals surface area (Å²) >= 11 is 13.0. The van der Waals surface area contributed by atoms with E-state index in [1.54, 1.807) is 11.0 Å². The molecule has 2 amide bonds. The molecule has 9 heteroatoms. The number of halogens is 2. The molecule has 0 aliphatic carbocycles. The van der Waals surface area contributed by atoms with E-state index in [1.165, 1.54) is 12.4 Å². The molecule has 30 heavy (non-hydrogen) atoms. The zero-order valence-corrected chi connectivity index (χ0v) is 18.7. The van der Waals surface area contributed by atoms with Gasteiger partial charge in [-0.25, -0.2) is 9.78 Å². The quantitative estimate of drug-likeness (QED) is 0.762. The molecule has 0 radical (unpaired) electrons. The van der Waals surface area contributed by atoms with Crippen LogP contribution in [0, 0.1) is 11.3 Å². The number of hydrogen-bond acceptors (Lipinski definition) is 5. The summed E-state index contributed by atoms with van der Waals surface area (Å²) in [4.78, 5) is 25.0. The molecular formula is C21H24Cl2N6O. The van der Waals surface area contributed by atoms with Gasteiger partial charge in [0.2, 0.25) is 0 Å². The zero-order chi connectivity index (χ0) is 21.8. The minimum absolute atomic E-state index is 0.138. The Bertz CT molecular complexity index is 968. The summed E-state index contributed by atoms with van der Waals surface area (Å²) in [5, 5.41) is 12.7. The van der Waals surface area contributed by atoms with E-state index in [0.717, 1.165) is 25.9 Å². The maximum Gasteiger partial charge on any atom is 0.317 e. The third kappa shape index (κ3) is 4.84. The van der Waals surface area contributed by atoms with Crippen molar-refractivity contribution in [2.75, 3.05) is 27.2 Å². The van der Waals surface area contributed by atoms with Gasteiger partial charge in [-0.3, -0.25) is 4.98 Å². The van der Waals surface area contributed by atoms with Gasteiger partial charge in [0.1, 0.15) is 6.07 Å². The van der Waals surface area contributed by atoms with Gasteiger partial charge < -0.3 is 15.1 Å². The highest BCUT2D eigenvalue weighted by Gasteiger charge is 2.26. The zero-order valence-electron chi connectivity index (χ0n) is 17.2. The molecule has 1 aliphatic heterocycles. The molecule has 1 unspecified atom stereocenters. The predicted octanol–water partition coefficient (Wildman–Crippen LogP) is 4.12. The lowest BCUT2D eigenvalue weighted by molar-refractivity contribution is 0.146. The average molecular weight is 447 g/mol. The van der Waals surface area contributed by atoms with E-state index in [-0.39, 0.29) is 23.8 Å². The highest BCUT2D eigenvalue weighted by atomic mass is 35.5. The Hall–Kier alpha value is -2.40. The van der Waals surface area contributed by atoms with Crippen LogP contribution in [0.2, 0.25) is 10.0 Å². The highest BCUT2D eigenvalue weighted by Crippen LogP contribution is 2.37. The van der Waals surface area contributed by atoms with Gasteiger partial charge in [0.15, 0.2) is 5.69 Å². The van der Waals surface area contributed by atoms with Gasteiger partial charge in [-0.2, -0.15) is 5.26 Å². The van der Waals surface area contributed by atoms with E-state index in [1.807, 2.05) is 26.1 Å². The van der Waals surface area contributed by atoms with Crippen LogP contribution >= 0.6 is 23.2 Å². The van der Waals surface area contributed by atoms with Crippen LogP contribution in [0.5, 0.6) is 0 Å². The van der Waals surface area contributed by atoms with Crippen molar-refractivity contribution in [3.8, 4) is 17.3 Å². The summed E-state index contributed by atoms with van der Waals surface area (Å²) in [6.45, 7) is 3.83. The summed E-state index contributed by atoms with van der Waals surface area (Å²) in [6.07, 6.45) is 4.82. The summed E-state index contributed by atoms with van der Waals surface area (Å²) in [7, 11) is 3.92. The SMILES string of the molecule is CC(NC(=O)N(C)C1CCN(C)CC1)c1ccc(-c2cncc(C#N)n2)c(Cl)c1Cl. The lowest BCUT2D eigenvalue weighted by atomic mass is 10.0. The molecule has 1 aromatic heterocycles. The molecule has 0 saturated carbocycles. The van der Waals surface area contributed by atoms with Gasteiger partial charge in [0.25, 0.3) is 0 Å². The van der Waals surface area contributed by atoms with Gasteiger partial charge in [-0.05, 0) is 45.5 Å². The Balaban J connectivity index is 1.74. The van der Waals surface area contributed by atoms with Crippen LogP contribution in [0.1, 0.15) is 37.1 Å². The molecule has 1 fully saturated rings. The van der Waals surface area contributed by atoms with Crippen LogP contribution in [0.25, 0.3) is 11.3 Å². The number of aromatic nitrogens is 2. The predicted molar refractivity (Wildman–Crippen MR) is 117 cm³/mol. The molecule has 2 heterocycles. The van der Waals surface area contributed by atoms with E-state index in [2.05, 4.69) is 27.2 Å². The fourth-order valence-corrected chi connectivity index (χ4v) is 4.16. The topological polar surface area (TPSA) is 85.2 Å². The number of piperidine rings is 1. The number of nitrogens with zero attached hydrogens (tertiary/aromatic N) is 5. The van der Waals surface area contributed by atoms with Gasteiger partial charge in [0, 0.05) is 18.7 Å². The van der Waals surface area contributed by atoms with Crippen molar-refractivity contribution >= 4 is 29.2 Å². The summed E-state index contributed by atoms with van der Waals surface area (Å²) in [6, 6.07) is 5.30. The number of benzene rings is 1. The number of likely N-dealkylation sites (tertiary alicyclic amines) is 1. The molecule has 158 valence electrons. The first-order chi connectivity index (χ1) is 14.3. The smallest absolute Gasteiger partial charge is 0.317 e. The Morgan fingerprint density at radius 2 is 2.00 bits per heavy atom. The number of carbonyl (C=O) groups is 1. The van der Waals surface area contributed by atoms with Crippen LogP contribution in [0.15, 0.2) is 24.5 Å². The van der Waals surface area contributed by atoms with Gasteiger partial charge in [0.05, 0.1) is 34.2 Å². The van der Waals surface area contributed by atoms with Crippen LogP contribution in [-0.4, -0.2) is 59.0 Å². The van der Waals surface area contributed by atoms with Crippen molar-refractivity contribution in [2.45, 2.75) is 31.8 Å². The molecular weight excluding hydrogens is 423 g/mol.